The van der Waals surface area contributed by atoms with Crippen molar-refractivity contribution in [2.45, 2.75) is 0 Å². The summed E-state index contributed by atoms with van der Waals surface area (Å²) in [7, 11) is 1.58. The minimum atomic E-state index is -0.255. The third kappa shape index (κ3) is 3.90. The summed E-state index contributed by atoms with van der Waals surface area (Å²) >= 11 is 4.90. The highest BCUT2D eigenvalue weighted by molar-refractivity contribution is 9.11. The van der Waals surface area contributed by atoms with Crippen molar-refractivity contribution in [1.82, 2.24) is 5.43 Å². The molecule has 6 heteroatoms. The highest BCUT2D eigenvalue weighted by Gasteiger charge is 2.03. The average Bonchev–Trinajstić information content (AvgIpc) is 2.84. The van der Waals surface area contributed by atoms with Crippen molar-refractivity contribution in [3.8, 4) is 5.75 Å². The predicted molar refractivity (Wildman–Crippen MR) is 80.1 cm³/mol. The topological polar surface area (TPSA) is 50.7 Å². The summed E-state index contributed by atoms with van der Waals surface area (Å²) in [4.78, 5) is 12.7. The van der Waals surface area contributed by atoms with E-state index in [0.29, 0.717) is 11.3 Å². The maximum absolute atomic E-state index is 11.8. The smallest absolute Gasteiger partial charge is 0.271 e. The molecule has 0 unspecified atom stereocenters. The normalized spacial score (nSPS) is 10.6. The van der Waals surface area contributed by atoms with Crippen LogP contribution in [0.5, 0.6) is 5.75 Å². The molecule has 1 N–H and O–H groups in total. The number of hydrazone groups is 1. The molecular formula is C13H11BrN2O2S. The van der Waals surface area contributed by atoms with Gasteiger partial charge in [-0.15, -0.1) is 11.3 Å². The van der Waals surface area contributed by atoms with Crippen LogP contribution in [0.1, 0.15) is 15.2 Å². The van der Waals surface area contributed by atoms with Gasteiger partial charge in [0.25, 0.3) is 5.91 Å². The Kier molecular flexibility index (Phi) is 4.70. The van der Waals surface area contributed by atoms with Gasteiger partial charge < -0.3 is 4.74 Å². The summed E-state index contributed by atoms with van der Waals surface area (Å²) in [5, 5.41) is 3.91. The monoisotopic (exact) mass is 338 g/mol. The lowest BCUT2D eigenvalue weighted by Crippen LogP contribution is -2.17. The zero-order valence-corrected chi connectivity index (χ0v) is 12.5. The van der Waals surface area contributed by atoms with E-state index in [4.69, 9.17) is 4.74 Å². The zero-order valence-electron chi connectivity index (χ0n) is 10.1. The first-order chi connectivity index (χ1) is 9.19. The lowest BCUT2D eigenvalue weighted by atomic mass is 10.2. The molecule has 1 heterocycles. The number of amides is 1. The van der Waals surface area contributed by atoms with E-state index < -0.39 is 0 Å². The second kappa shape index (κ2) is 6.49. The van der Waals surface area contributed by atoms with Crippen LogP contribution in [0.3, 0.4) is 0 Å². The molecule has 0 bridgehead atoms. The number of carbonyl (C=O) groups excluding carboxylic acids is 1. The van der Waals surface area contributed by atoms with Gasteiger partial charge in [-0.3, -0.25) is 4.79 Å². The summed E-state index contributed by atoms with van der Waals surface area (Å²) in [6.07, 6.45) is 1.61. The number of nitrogens with one attached hydrogen (secondary N) is 1. The van der Waals surface area contributed by atoms with E-state index in [2.05, 4.69) is 26.5 Å². The highest BCUT2D eigenvalue weighted by Crippen LogP contribution is 2.20. The lowest BCUT2D eigenvalue weighted by molar-refractivity contribution is 0.0955. The summed E-state index contributed by atoms with van der Waals surface area (Å²) < 4.78 is 6.05. The van der Waals surface area contributed by atoms with Crippen LogP contribution < -0.4 is 10.2 Å². The number of ether oxygens (including phenoxy) is 1. The van der Waals surface area contributed by atoms with Crippen LogP contribution in [0.25, 0.3) is 0 Å². The molecule has 0 saturated heterocycles. The van der Waals surface area contributed by atoms with Crippen molar-refractivity contribution in [2.75, 3.05) is 7.11 Å². The molecule has 0 aliphatic carbocycles. The van der Waals surface area contributed by atoms with Crippen LogP contribution in [-0.4, -0.2) is 19.2 Å². The van der Waals surface area contributed by atoms with Gasteiger partial charge in [0, 0.05) is 10.4 Å². The quantitative estimate of drug-likeness (QED) is 0.687. The number of hydrogen-bond donors (Lipinski definition) is 1. The molecule has 0 radical (unpaired) electrons. The molecular weight excluding hydrogens is 328 g/mol. The Labute approximate surface area is 123 Å². The van der Waals surface area contributed by atoms with Gasteiger partial charge in [0.05, 0.1) is 17.1 Å². The highest BCUT2D eigenvalue weighted by atomic mass is 79.9. The standard InChI is InChI=1S/C13H11BrN2O2S/c1-18-10-4-2-9(3-5-10)13(17)16-15-8-11-6-7-12(14)19-11/h2-8H,1H3,(H,16,17)/b15-8+. The fourth-order valence-electron chi connectivity index (χ4n) is 1.36. The van der Waals surface area contributed by atoms with Crippen molar-refractivity contribution in [2.24, 2.45) is 5.10 Å². The Morgan fingerprint density at radius 2 is 2.05 bits per heavy atom. The molecule has 1 amide bonds. The van der Waals surface area contributed by atoms with Crippen LogP contribution in [0.4, 0.5) is 0 Å². The first-order valence-corrected chi connectivity index (χ1v) is 7.03. The third-order valence-electron chi connectivity index (χ3n) is 2.30. The number of carbonyl (C=O) groups is 1. The molecule has 4 nitrogen and oxygen atoms in total. The first kappa shape index (κ1) is 13.8. The molecule has 19 heavy (non-hydrogen) atoms. The van der Waals surface area contributed by atoms with E-state index in [1.54, 1.807) is 37.6 Å². The van der Waals surface area contributed by atoms with E-state index in [0.717, 1.165) is 8.66 Å². The molecule has 1 aromatic heterocycles. The Hall–Kier alpha value is -1.66. The molecule has 0 aliphatic heterocycles. The van der Waals surface area contributed by atoms with Crippen molar-refractivity contribution in [1.29, 1.82) is 0 Å². The lowest BCUT2D eigenvalue weighted by Gasteiger charge is -2.01. The van der Waals surface area contributed by atoms with Crippen LogP contribution in [-0.2, 0) is 0 Å². The van der Waals surface area contributed by atoms with E-state index in [1.807, 2.05) is 12.1 Å². The number of rotatable bonds is 4. The molecule has 0 aliphatic rings. The average molecular weight is 339 g/mol. The van der Waals surface area contributed by atoms with Gasteiger partial charge in [-0.25, -0.2) is 5.43 Å². The maximum Gasteiger partial charge on any atom is 0.271 e. The van der Waals surface area contributed by atoms with Gasteiger partial charge in [-0.1, -0.05) is 0 Å². The van der Waals surface area contributed by atoms with Crippen molar-refractivity contribution in [3.63, 3.8) is 0 Å². The summed E-state index contributed by atoms with van der Waals surface area (Å²) in [5.41, 5.74) is 3.01. The molecule has 2 rings (SSSR count). The fourth-order valence-corrected chi connectivity index (χ4v) is 2.65. The molecule has 0 fully saturated rings. The zero-order chi connectivity index (χ0) is 13.7. The van der Waals surface area contributed by atoms with Crippen molar-refractivity contribution in [3.05, 3.63) is 50.6 Å². The van der Waals surface area contributed by atoms with Crippen LogP contribution >= 0.6 is 27.3 Å². The van der Waals surface area contributed by atoms with Crippen molar-refractivity contribution < 1.29 is 9.53 Å². The second-order valence-corrected chi connectivity index (χ2v) is 6.06. The van der Waals surface area contributed by atoms with Crippen LogP contribution in [0.2, 0.25) is 0 Å². The summed E-state index contributed by atoms with van der Waals surface area (Å²) in [6.45, 7) is 0. The number of thiophene rings is 1. The Bertz CT molecular complexity index is 593. The van der Waals surface area contributed by atoms with Gasteiger partial charge in [0.15, 0.2) is 0 Å². The Morgan fingerprint density at radius 3 is 2.63 bits per heavy atom. The number of halogens is 1. The van der Waals surface area contributed by atoms with Gasteiger partial charge in [-0.05, 0) is 52.3 Å². The summed E-state index contributed by atoms with van der Waals surface area (Å²) in [5.74, 6) is 0.456. The minimum Gasteiger partial charge on any atom is -0.497 e. The van der Waals surface area contributed by atoms with Gasteiger partial charge in [-0.2, -0.15) is 5.10 Å². The van der Waals surface area contributed by atoms with Gasteiger partial charge in [0.1, 0.15) is 5.75 Å². The predicted octanol–water partition coefficient (Wildman–Crippen LogP) is 3.28. The van der Waals surface area contributed by atoms with Crippen LogP contribution in [0, 0.1) is 0 Å². The van der Waals surface area contributed by atoms with Gasteiger partial charge in [0.2, 0.25) is 0 Å². The van der Waals surface area contributed by atoms with E-state index in [9.17, 15) is 4.79 Å². The van der Waals surface area contributed by atoms with E-state index >= 15 is 0 Å². The SMILES string of the molecule is COc1ccc(C(=O)N/N=C/c2ccc(Br)s2)cc1. The molecule has 98 valence electrons. The summed E-state index contributed by atoms with van der Waals surface area (Å²) in [6, 6.07) is 10.7. The Morgan fingerprint density at radius 1 is 1.32 bits per heavy atom. The molecule has 0 spiro atoms. The minimum absolute atomic E-state index is 0.255. The fraction of sp³-hybridized carbons (Fsp3) is 0.0769. The molecule has 0 atom stereocenters. The largest absolute Gasteiger partial charge is 0.497 e. The number of nitrogens with zero attached hydrogens (tertiary/aromatic N) is 1. The van der Waals surface area contributed by atoms with Crippen molar-refractivity contribution >= 4 is 39.4 Å². The molecule has 1 aromatic carbocycles. The number of benzene rings is 1. The number of methoxy groups -OCH3 is 1. The van der Waals surface area contributed by atoms with Crippen LogP contribution in [0.15, 0.2) is 45.3 Å². The van der Waals surface area contributed by atoms with E-state index in [1.165, 1.54) is 11.3 Å². The third-order valence-corrected chi connectivity index (χ3v) is 3.86. The van der Waals surface area contributed by atoms with Gasteiger partial charge >= 0.3 is 0 Å². The molecule has 2 aromatic rings. The Balaban J connectivity index is 1.95. The van der Waals surface area contributed by atoms with E-state index in [-0.39, 0.29) is 5.91 Å². The maximum atomic E-state index is 11.8. The molecule has 0 saturated carbocycles. The number of hydrogen-bond acceptors (Lipinski definition) is 4. The first-order valence-electron chi connectivity index (χ1n) is 5.42. The second-order valence-electron chi connectivity index (χ2n) is 3.57.